The summed E-state index contributed by atoms with van der Waals surface area (Å²) in [7, 11) is 3.96. The number of rotatable bonds is 5. The molecule has 2 nitrogen and oxygen atoms in total. The Morgan fingerprint density at radius 1 is 1.06 bits per heavy atom. The molecule has 0 heterocycles. The molecule has 0 aromatic heterocycles. The summed E-state index contributed by atoms with van der Waals surface area (Å²) in [5.74, 6) is 0. The van der Waals surface area contributed by atoms with Gasteiger partial charge in [0.25, 0.3) is 0 Å². The second-order valence-electron chi connectivity index (χ2n) is 4.06. The first-order valence-corrected chi connectivity index (χ1v) is 6.19. The summed E-state index contributed by atoms with van der Waals surface area (Å²) in [5.41, 5.74) is 2.40. The van der Waals surface area contributed by atoms with E-state index in [2.05, 4.69) is 43.0 Å². The molecule has 0 unspecified atom stereocenters. The van der Waals surface area contributed by atoms with Gasteiger partial charge in [0.1, 0.15) is 0 Å². The highest BCUT2D eigenvalue weighted by Crippen LogP contribution is 2.12. The molecule has 0 radical (unpaired) electrons. The van der Waals surface area contributed by atoms with E-state index >= 15 is 0 Å². The highest BCUT2D eigenvalue weighted by Gasteiger charge is 2.16. The van der Waals surface area contributed by atoms with Crippen LogP contribution < -0.4 is 10.4 Å². The van der Waals surface area contributed by atoms with E-state index in [4.69, 9.17) is 11.5 Å². The minimum atomic E-state index is -0.0502. The standard InChI is InChI=1S/C12H20BClN2/c1-5-16(6-2)12-9-7-11(8-10-12)13(14)15(3)4/h7-10H,5-6H2,1-4H3. The Hall–Kier alpha value is -0.665. The number of halogens is 1. The second kappa shape index (κ2) is 6.16. The van der Waals surface area contributed by atoms with E-state index in [9.17, 15) is 0 Å². The topological polar surface area (TPSA) is 6.48 Å². The SMILES string of the molecule is CCN(CC)c1ccc(B(Cl)N(C)C)cc1. The van der Waals surface area contributed by atoms with Gasteiger partial charge in [-0.1, -0.05) is 12.1 Å². The molecular weight excluding hydrogens is 218 g/mol. The first-order valence-electron chi connectivity index (χ1n) is 5.75. The van der Waals surface area contributed by atoms with Gasteiger partial charge in [-0.15, -0.1) is 0 Å². The zero-order valence-electron chi connectivity index (χ0n) is 10.6. The van der Waals surface area contributed by atoms with E-state index in [0.29, 0.717) is 0 Å². The molecule has 0 amide bonds. The number of hydrogen-bond acceptors (Lipinski definition) is 2. The quantitative estimate of drug-likeness (QED) is 0.725. The van der Waals surface area contributed by atoms with Crippen molar-refractivity contribution in [2.24, 2.45) is 0 Å². The fourth-order valence-electron chi connectivity index (χ4n) is 1.73. The van der Waals surface area contributed by atoms with Crippen LogP contribution in [0.25, 0.3) is 0 Å². The summed E-state index contributed by atoms with van der Waals surface area (Å²) in [4.78, 5) is 4.32. The molecule has 0 aliphatic heterocycles. The van der Waals surface area contributed by atoms with Gasteiger partial charge in [-0.2, -0.15) is 11.5 Å². The van der Waals surface area contributed by atoms with Crippen molar-refractivity contribution in [1.29, 1.82) is 0 Å². The van der Waals surface area contributed by atoms with Gasteiger partial charge in [-0.3, -0.25) is 0 Å². The van der Waals surface area contributed by atoms with Gasteiger partial charge in [-0.25, -0.2) is 0 Å². The van der Waals surface area contributed by atoms with Crippen LogP contribution in [-0.4, -0.2) is 38.3 Å². The van der Waals surface area contributed by atoms with Gasteiger partial charge in [0.15, 0.2) is 0 Å². The van der Waals surface area contributed by atoms with Crippen molar-refractivity contribution in [3.63, 3.8) is 0 Å². The monoisotopic (exact) mass is 238 g/mol. The fourth-order valence-corrected chi connectivity index (χ4v) is 1.88. The molecule has 0 atom stereocenters. The molecule has 0 aliphatic rings. The lowest BCUT2D eigenvalue weighted by molar-refractivity contribution is 0.663. The van der Waals surface area contributed by atoms with Crippen molar-refractivity contribution in [1.82, 2.24) is 4.81 Å². The van der Waals surface area contributed by atoms with Gasteiger partial charge >= 0.3 is 6.26 Å². The fraction of sp³-hybridized carbons (Fsp3) is 0.500. The number of benzene rings is 1. The average Bonchev–Trinajstić information content (AvgIpc) is 2.30. The maximum Gasteiger partial charge on any atom is 0.364 e. The summed E-state index contributed by atoms with van der Waals surface area (Å²) in [6.07, 6.45) is -0.0502. The Labute approximate surface area is 104 Å². The zero-order chi connectivity index (χ0) is 12.1. The van der Waals surface area contributed by atoms with Crippen LogP contribution in [0.15, 0.2) is 24.3 Å². The summed E-state index contributed by atoms with van der Waals surface area (Å²) in [6, 6.07) is 8.49. The summed E-state index contributed by atoms with van der Waals surface area (Å²) in [6.45, 7) is 6.41. The van der Waals surface area contributed by atoms with Crippen molar-refractivity contribution in [2.45, 2.75) is 13.8 Å². The summed E-state index contributed by atoms with van der Waals surface area (Å²) >= 11 is 6.25. The van der Waals surface area contributed by atoms with E-state index in [1.807, 2.05) is 18.9 Å². The lowest BCUT2D eigenvalue weighted by atomic mass is 9.79. The maximum absolute atomic E-state index is 6.25. The van der Waals surface area contributed by atoms with Gasteiger partial charge in [0.2, 0.25) is 0 Å². The third kappa shape index (κ3) is 3.16. The van der Waals surface area contributed by atoms with Crippen LogP contribution in [0.5, 0.6) is 0 Å². The van der Waals surface area contributed by atoms with Crippen LogP contribution in [0, 0.1) is 0 Å². The van der Waals surface area contributed by atoms with Crippen LogP contribution in [-0.2, 0) is 0 Å². The predicted octanol–water partition coefficient (Wildman–Crippen LogP) is 2.03. The molecular formula is C12H20BClN2. The molecule has 1 aromatic carbocycles. The third-order valence-corrected chi connectivity index (χ3v) is 3.39. The maximum atomic E-state index is 6.25. The number of hydrogen-bond donors (Lipinski definition) is 0. The molecule has 88 valence electrons. The van der Waals surface area contributed by atoms with Crippen molar-refractivity contribution >= 4 is 28.9 Å². The molecule has 0 fully saturated rings. The van der Waals surface area contributed by atoms with E-state index in [1.165, 1.54) is 5.69 Å². The normalized spacial score (nSPS) is 10.6. The zero-order valence-corrected chi connectivity index (χ0v) is 11.3. The third-order valence-electron chi connectivity index (χ3n) is 2.75. The smallest absolute Gasteiger partial charge is 0.364 e. The second-order valence-corrected chi connectivity index (χ2v) is 4.48. The van der Waals surface area contributed by atoms with Gasteiger partial charge in [0.05, 0.1) is 0 Å². The minimum Gasteiger partial charge on any atom is -0.372 e. The first-order chi connectivity index (χ1) is 7.60. The Morgan fingerprint density at radius 3 is 1.94 bits per heavy atom. The van der Waals surface area contributed by atoms with E-state index in [1.54, 1.807) is 0 Å². The van der Waals surface area contributed by atoms with E-state index in [-0.39, 0.29) is 6.26 Å². The number of anilines is 1. The summed E-state index contributed by atoms with van der Waals surface area (Å²) in [5, 5.41) is 0. The lowest BCUT2D eigenvalue weighted by Crippen LogP contribution is -2.39. The molecule has 0 aliphatic carbocycles. The van der Waals surface area contributed by atoms with Crippen molar-refractivity contribution in [3.05, 3.63) is 24.3 Å². The molecule has 0 saturated heterocycles. The van der Waals surface area contributed by atoms with Gasteiger partial charge < -0.3 is 9.71 Å². The molecule has 0 N–H and O–H groups in total. The molecule has 4 heteroatoms. The van der Waals surface area contributed by atoms with Crippen LogP contribution in [0.4, 0.5) is 5.69 Å². The molecule has 0 spiro atoms. The molecule has 1 aromatic rings. The van der Waals surface area contributed by atoms with E-state index in [0.717, 1.165) is 18.6 Å². The van der Waals surface area contributed by atoms with Crippen molar-refractivity contribution in [3.8, 4) is 0 Å². The van der Waals surface area contributed by atoms with Crippen LogP contribution in [0.1, 0.15) is 13.8 Å². The highest BCUT2D eigenvalue weighted by atomic mass is 35.5. The lowest BCUT2D eigenvalue weighted by Gasteiger charge is -2.22. The van der Waals surface area contributed by atoms with Crippen LogP contribution in [0.2, 0.25) is 0 Å². The van der Waals surface area contributed by atoms with Crippen molar-refractivity contribution in [2.75, 3.05) is 32.1 Å². The molecule has 16 heavy (non-hydrogen) atoms. The molecule has 1 rings (SSSR count). The largest absolute Gasteiger partial charge is 0.372 e. The van der Waals surface area contributed by atoms with Gasteiger partial charge in [-0.05, 0) is 45.5 Å². The average molecular weight is 239 g/mol. The van der Waals surface area contributed by atoms with Crippen molar-refractivity contribution < 1.29 is 0 Å². The summed E-state index contributed by atoms with van der Waals surface area (Å²) < 4.78 is 0. The first kappa shape index (κ1) is 13.4. The minimum absolute atomic E-state index is 0.0502. The Kier molecular flexibility index (Phi) is 5.16. The Morgan fingerprint density at radius 2 is 1.56 bits per heavy atom. The van der Waals surface area contributed by atoms with E-state index < -0.39 is 0 Å². The van der Waals surface area contributed by atoms with Gasteiger partial charge in [0, 0.05) is 18.8 Å². The van der Waals surface area contributed by atoms with Crippen LogP contribution in [0.3, 0.4) is 0 Å². The highest BCUT2D eigenvalue weighted by molar-refractivity contribution is 7.12. The predicted molar refractivity (Wildman–Crippen MR) is 74.9 cm³/mol. The van der Waals surface area contributed by atoms with Crippen LogP contribution >= 0.6 is 11.5 Å². The molecule has 0 saturated carbocycles. The Bertz CT molecular complexity index is 288. The Balaban J connectivity index is 2.82. The molecule has 0 bridgehead atoms. The number of nitrogens with zero attached hydrogens (tertiary/aromatic N) is 2.